The molecule has 8 heteroatoms. The molecule has 1 amide bonds. The molecular weight excluding hydrogens is 349 g/mol. The van der Waals surface area contributed by atoms with E-state index in [0.29, 0.717) is 22.4 Å². The largest absolute Gasteiger partial charge is 0.356 e. The summed E-state index contributed by atoms with van der Waals surface area (Å²) in [6.07, 6.45) is 6.76. The summed E-state index contributed by atoms with van der Waals surface area (Å²) in [5, 5.41) is 3.92. The lowest BCUT2D eigenvalue weighted by atomic mass is 9.80. The van der Waals surface area contributed by atoms with Crippen LogP contribution in [0, 0.1) is 5.41 Å². The first-order valence-electron chi connectivity index (χ1n) is 7.80. The van der Waals surface area contributed by atoms with Gasteiger partial charge in [0, 0.05) is 25.8 Å². The van der Waals surface area contributed by atoms with Crippen molar-refractivity contribution < 1.29 is 4.79 Å². The third-order valence-corrected chi connectivity index (χ3v) is 4.86. The molecule has 1 aliphatic rings. The molecule has 1 aliphatic heterocycles. The van der Waals surface area contributed by atoms with Gasteiger partial charge in [-0.25, -0.2) is 4.98 Å². The minimum atomic E-state index is -0.133. The van der Waals surface area contributed by atoms with Crippen LogP contribution in [0.2, 0.25) is 10.2 Å². The van der Waals surface area contributed by atoms with Crippen LogP contribution in [0.15, 0.2) is 24.7 Å². The Morgan fingerprint density at radius 2 is 2.12 bits per heavy atom. The van der Waals surface area contributed by atoms with Gasteiger partial charge in [0.2, 0.25) is 0 Å². The van der Waals surface area contributed by atoms with E-state index >= 15 is 0 Å². The number of H-pyrrole nitrogens is 1. The second-order valence-corrected chi connectivity index (χ2v) is 7.24. The monoisotopic (exact) mass is 367 g/mol. The van der Waals surface area contributed by atoms with Crippen LogP contribution in [-0.2, 0) is 0 Å². The summed E-state index contributed by atoms with van der Waals surface area (Å²) in [5.74, 6) is 0.667. The number of carbonyl (C=O) groups is 1. The van der Waals surface area contributed by atoms with Gasteiger partial charge in [-0.15, -0.1) is 0 Å². The van der Waals surface area contributed by atoms with E-state index in [9.17, 15) is 4.79 Å². The quantitative estimate of drug-likeness (QED) is 0.870. The number of aromatic nitrogens is 3. The van der Waals surface area contributed by atoms with Gasteiger partial charge in [0.15, 0.2) is 0 Å². The van der Waals surface area contributed by atoms with Gasteiger partial charge in [-0.1, -0.05) is 30.1 Å². The van der Waals surface area contributed by atoms with Gasteiger partial charge in [0.05, 0.1) is 17.4 Å². The molecule has 2 aromatic heterocycles. The lowest BCUT2D eigenvalue weighted by molar-refractivity contribution is 0.0920. The molecule has 0 radical (unpaired) electrons. The number of halogens is 2. The summed E-state index contributed by atoms with van der Waals surface area (Å²) >= 11 is 11.7. The molecule has 0 atom stereocenters. The Hall–Kier alpha value is -1.79. The Balaban J connectivity index is 1.54. The normalized spacial score (nSPS) is 16.9. The van der Waals surface area contributed by atoms with Crippen LogP contribution in [0.3, 0.4) is 0 Å². The van der Waals surface area contributed by atoms with Crippen LogP contribution < -0.4 is 10.2 Å². The Bertz CT molecular complexity index is 725. The molecule has 2 aromatic rings. The predicted molar refractivity (Wildman–Crippen MR) is 94.7 cm³/mol. The van der Waals surface area contributed by atoms with Gasteiger partial charge >= 0.3 is 0 Å². The minimum Gasteiger partial charge on any atom is -0.356 e. The highest BCUT2D eigenvalue weighted by molar-refractivity contribution is 6.31. The molecule has 6 nitrogen and oxygen atoms in total. The van der Waals surface area contributed by atoms with Crippen molar-refractivity contribution in [1.29, 1.82) is 0 Å². The maximum absolute atomic E-state index is 12.1. The van der Waals surface area contributed by atoms with Gasteiger partial charge in [0.1, 0.15) is 16.7 Å². The standard InChI is InChI=1S/C16H19Cl2N5O/c1-16(10-21-15(24)12-6-11(17)7-20-12)2-4-23(5-3-16)14-9-19-8-13(18)22-14/h6-9,20H,2-5,10H2,1H3,(H,21,24). The molecule has 3 heterocycles. The summed E-state index contributed by atoms with van der Waals surface area (Å²) in [7, 11) is 0. The summed E-state index contributed by atoms with van der Waals surface area (Å²) < 4.78 is 0. The molecule has 128 valence electrons. The van der Waals surface area contributed by atoms with Crippen LogP contribution in [0.5, 0.6) is 0 Å². The summed E-state index contributed by atoms with van der Waals surface area (Å²) in [5.41, 5.74) is 0.532. The van der Waals surface area contributed by atoms with E-state index < -0.39 is 0 Å². The van der Waals surface area contributed by atoms with E-state index in [0.717, 1.165) is 31.7 Å². The zero-order valence-electron chi connectivity index (χ0n) is 13.4. The molecule has 0 saturated carbocycles. The Labute approximate surface area is 150 Å². The molecular formula is C16H19Cl2N5O. The first kappa shape index (κ1) is 17.0. The summed E-state index contributed by atoms with van der Waals surface area (Å²) in [6.45, 7) is 4.53. The maximum atomic E-state index is 12.1. The molecule has 0 aliphatic carbocycles. The summed E-state index contributed by atoms with van der Waals surface area (Å²) in [6, 6.07) is 1.62. The van der Waals surface area contributed by atoms with E-state index in [1.807, 2.05) is 0 Å². The topological polar surface area (TPSA) is 73.9 Å². The Kier molecular flexibility index (Phi) is 4.96. The highest BCUT2D eigenvalue weighted by Crippen LogP contribution is 2.32. The van der Waals surface area contributed by atoms with Crippen LogP contribution in [0.25, 0.3) is 0 Å². The lowest BCUT2D eigenvalue weighted by Crippen LogP contribution is -2.45. The number of anilines is 1. The number of hydrogen-bond donors (Lipinski definition) is 2. The molecule has 0 aromatic carbocycles. The highest BCUT2D eigenvalue weighted by atomic mass is 35.5. The van der Waals surface area contributed by atoms with Crippen LogP contribution in [-0.4, -0.2) is 40.5 Å². The van der Waals surface area contributed by atoms with Crippen molar-refractivity contribution in [1.82, 2.24) is 20.3 Å². The zero-order valence-corrected chi connectivity index (χ0v) is 14.9. The van der Waals surface area contributed by atoms with Gasteiger partial charge in [0.25, 0.3) is 5.91 Å². The molecule has 0 spiro atoms. The van der Waals surface area contributed by atoms with Gasteiger partial charge in [-0.2, -0.15) is 0 Å². The second kappa shape index (κ2) is 6.99. The molecule has 24 heavy (non-hydrogen) atoms. The fraction of sp³-hybridized carbons (Fsp3) is 0.438. The highest BCUT2D eigenvalue weighted by Gasteiger charge is 2.31. The Morgan fingerprint density at radius 1 is 1.38 bits per heavy atom. The van der Waals surface area contributed by atoms with Gasteiger partial charge in [-0.05, 0) is 24.3 Å². The average Bonchev–Trinajstić information content (AvgIpc) is 3.00. The van der Waals surface area contributed by atoms with Crippen molar-refractivity contribution in [2.75, 3.05) is 24.5 Å². The number of amides is 1. The fourth-order valence-corrected chi connectivity index (χ4v) is 3.13. The number of hydrogen-bond acceptors (Lipinski definition) is 4. The van der Waals surface area contributed by atoms with E-state index in [-0.39, 0.29) is 11.3 Å². The number of nitrogens with one attached hydrogen (secondary N) is 2. The molecule has 2 N–H and O–H groups in total. The molecule has 0 bridgehead atoms. The van der Waals surface area contributed by atoms with Crippen molar-refractivity contribution >= 4 is 34.9 Å². The van der Waals surface area contributed by atoms with E-state index in [1.54, 1.807) is 18.5 Å². The van der Waals surface area contributed by atoms with Crippen molar-refractivity contribution in [3.05, 3.63) is 40.5 Å². The van der Waals surface area contributed by atoms with Crippen LogP contribution >= 0.6 is 23.2 Å². The van der Waals surface area contributed by atoms with Gasteiger partial charge < -0.3 is 15.2 Å². The van der Waals surface area contributed by atoms with E-state index in [4.69, 9.17) is 23.2 Å². The average molecular weight is 368 g/mol. The van der Waals surface area contributed by atoms with Crippen molar-refractivity contribution in [3.8, 4) is 0 Å². The molecule has 3 rings (SSSR count). The number of aromatic amines is 1. The van der Waals surface area contributed by atoms with Crippen LogP contribution in [0.4, 0.5) is 5.82 Å². The minimum absolute atomic E-state index is 0.0501. The maximum Gasteiger partial charge on any atom is 0.267 e. The van der Waals surface area contributed by atoms with Crippen molar-refractivity contribution in [2.24, 2.45) is 5.41 Å². The number of carbonyl (C=O) groups excluding carboxylic acids is 1. The Morgan fingerprint density at radius 3 is 2.75 bits per heavy atom. The first-order chi connectivity index (χ1) is 11.5. The number of rotatable bonds is 4. The summed E-state index contributed by atoms with van der Waals surface area (Å²) in [4.78, 5) is 25.5. The fourth-order valence-electron chi connectivity index (χ4n) is 2.83. The molecule has 1 fully saturated rings. The molecule has 0 unspecified atom stereocenters. The van der Waals surface area contributed by atoms with Gasteiger partial charge in [-0.3, -0.25) is 9.78 Å². The van der Waals surface area contributed by atoms with Crippen molar-refractivity contribution in [2.45, 2.75) is 19.8 Å². The first-order valence-corrected chi connectivity index (χ1v) is 8.55. The number of nitrogens with zero attached hydrogens (tertiary/aromatic N) is 3. The third-order valence-electron chi connectivity index (χ3n) is 4.46. The van der Waals surface area contributed by atoms with Crippen LogP contribution in [0.1, 0.15) is 30.3 Å². The lowest BCUT2D eigenvalue weighted by Gasteiger charge is -2.39. The van der Waals surface area contributed by atoms with E-state index in [1.165, 1.54) is 6.20 Å². The predicted octanol–water partition coefficient (Wildman–Crippen LogP) is 3.15. The molecule has 1 saturated heterocycles. The second-order valence-electron chi connectivity index (χ2n) is 6.41. The zero-order chi connectivity index (χ0) is 17.2. The number of piperidine rings is 1. The van der Waals surface area contributed by atoms with E-state index in [2.05, 4.69) is 32.1 Å². The third kappa shape index (κ3) is 3.99. The SMILES string of the molecule is CC1(CNC(=O)c2cc(Cl)c[nH]2)CCN(c2cncc(Cl)n2)CC1. The smallest absolute Gasteiger partial charge is 0.267 e. The van der Waals surface area contributed by atoms with Crippen molar-refractivity contribution in [3.63, 3.8) is 0 Å².